The van der Waals surface area contributed by atoms with Gasteiger partial charge in [-0.3, -0.25) is 0 Å². The Morgan fingerprint density at radius 1 is 1.00 bits per heavy atom. The summed E-state index contributed by atoms with van der Waals surface area (Å²) in [6, 6.07) is 7.47. The molecule has 0 saturated carbocycles. The van der Waals surface area contributed by atoms with Crippen LogP contribution in [0, 0.1) is 34.3 Å². The summed E-state index contributed by atoms with van der Waals surface area (Å²) in [7, 11) is 0. The SMILES string of the molecule is Br.Cc1[c-]c(C)cc(C)c1.[CH3-].[Zn+2]. The molecule has 0 aliphatic rings. The molecule has 0 amide bonds. The number of aryl methyl sites for hydroxylation is 3. The first-order valence-corrected chi connectivity index (χ1v) is 3.15. The number of hydrogen-bond acceptors (Lipinski definition) is 0. The van der Waals surface area contributed by atoms with E-state index in [1.165, 1.54) is 16.7 Å². The molecule has 1 aromatic rings. The molecule has 0 aromatic heterocycles. The van der Waals surface area contributed by atoms with E-state index in [9.17, 15) is 0 Å². The molecule has 12 heavy (non-hydrogen) atoms. The van der Waals surface area contributed by atoms with Gasteiger partial charge in [0.25, 0.3) is 0 Å². The Hall–Kier alpha value is 0.323. The van der Waals surface area contributed by atoms with Crippen LogP contribution in [0.25, 0.3) is 0 Å². The van der Waals surface area contributed by atoms with Crippen molar-refractivity contribution >= 4 is 17.0 Å². The largest absolute Gasteiger partial charge is 2.00 e. The van der Waals surface area contributed by atoms with Crippen LogP contribution >= 0.6 is 17.0 Å². The van der Waals surface area contributed by atoms with Gasteiger partial charge in [0.05, 0.1) is 0 Å². The topological polar surface area (TPSA) is 0 Å². The number of hydrogen-bond donors (Lipinski definition) is 0. The van der Waals surface area contributed by atoms with Gasteiger partial charge in [0.15, 0.2) is 0 Å². The average Bonchev–Trinajstić information content (AvgIpc) is 1.59. The van der Waals surface area contributed by atoms with E-state index in [1.807, 2.05) is 0 Å². The number of rotatable bonds is 0. The van der Waals surface area contributed by atoms with Crippen LogP contribution in [0.5, 0.6) is 0 Å². The molecule has 0 spiro atoms. The van der Waals surface area contributed by atoms with Crippen molar-refractivity contribution < 1.29 is 19.5 Å². The second-order valence-electron chi connectivity index (χ2n) is 2.52. The summed E-state index contributed by atoms with van der Waals surface area (Å²) in [6.07, 6.45) is 0. The Bertz CT molecular complexity index is 171. The van der Waals surface area contributed by atoms with Crippen LogP contribution in [-0.2, 0) is 19.5 Å². The quantitative estimate of drug-likeness (QED) is 0.504. The second-order valence-corrected chi connectivity index (χ2v) is 2.52. The zero-order valence-electron chi connectivity index (χ0n) is 8.27. The molecular weight excluding hydrogens is 265 g/mol. The van der Waals surface area contributed by atoms with Gasteiger partial charge in [0.1, 0.15) is 0 Å². The van der Waals surface area contributed by atoms with Crippen molar-refractivity contribution in [3.8, 4) is 0 Å². The van der Waals surface area contributed by atoms with Crippen molar-refractivity contribution in [2.45, 2.75) is 20.8 Å². The second kappa shape index (κ2) is 7.95. The summed E-state index contributed by atoms with van der Waals surface area (Å²) >= 11 is 0. The average molecular weight is 281 g/mol. The molecule has 1 aromatic carbocycles. The first-order valence-electron chi connectivity index (χ1n) is 3.15. The maximum atomic E-state index is 3.21. The van der Waals surface area contributed by atoms with Crippen molar-refractivity contribution in [3.05, 3.63) is 42.3 Å². The molecule has 0 unspecified atom stereocenters. The van der Waals surface area contributed by atoms with E-state index >= 15 is 0 Å². The molecule has 0 aliphatic carbocycles. The van der Waals surface area contributed by atoms with Crippen LogP contribution in [0.2, 0.25) is 0 Å². The maximum Gasteiger partial charge on any atom is 2.00 e. The molecule has 64 valence electrons. The van der Waals surface area contributed by atoms with Crippen LogP contribution in [0.4, 0.5) is 0 Å². The van der Waals surface area contributed by atoms with Gasteiger partial charge in [0, 0.05) is 0 Å². The predicted octanol–water partition coefficient (Wildman–Crippen LogP) is 3.44. The zero-order chi connectivity index (χ0) is 6.85. The van der Waals surface area contributed by atoms with Crippen LogP contribution < -0.4 is 0 Å². The molecule has 0 bridgehead atoms. The molecule has 0 saturated heterocycles. The molecule has 0 radical (unpaired) electrons. The van der Waals surface area contributed by atoms with Gasteiger partial charge in [-0.05, 0) is 0 Å². The zero-order valence-corrected chi connectivity index (χ0v) is 13.0. The van der Waals surface area contributed by atoms with Gasteiger partial charge >= 0.3 is 19.5 Å². The Kier molecular flexibility index (Phi) is 12.0. The Balaban J connectivity index is -0.000000270. The summed E-state index contributed by atoms with van der Waals surface area (Å²) in [5, 5.41) is 0. The standard InChI is InChI=1S/C9H11.CH3.BrH.Zn/c1-7-4-8(2)6-9(3)5-7;;;/h4-5H,1-3H3;1H3;1H;/q2*-1;;+2. The minimum absolute atomic E-state index is 0. The summed E-state index contributed by atoms with van der Waals surface area (Å²) < 4.78 is 0. The van der Waals surface area contributed by atoms with Crippen molar-refractivity contribution in [1.82, 2.24) is 0 Å². The number of benzene rings is 1. The molecule has 0 fully saturated rings. The summed E-state index contributed by atoms with van der Waals surface area (Å²) in [4.78, 5) is 0. The van der Waals surface area contributed by atoms with Gasteiger partial charge in [-0.1, -0.05) is 20.8 Å². The molecule has 1 rings (SSSR count). The number of halogens is 1. The van der Waals surface area contributed by atoms with E-state index in [0.717, 1.165) is 0 Å². The van der Waals surface area contributed by atoms with Crippen molar-refractivity contribution in [2.24, 2.45) is 0 Å². The molecular formula is C10H15BrZn. The Morgan fingerprint density at radius 3 is 1.58 bits per heavy atom. The van der Waals surface area contributed by atoms with Gasteiger partial charge in [0.2, 0.25) is 0 Å². The summed E-state index contributed by atoms with van der Waals surface area (Å²) in [5.41, 5.74) is 3.78. The third kappa shape index (κ3) is 5.91. The fraction of sp³-hybridized carbons (Fsp3) is 0.300. The van der Waals surface area contributed by atoms with Gasteiger partial charge in [-0.15, -0.1) is 17.0 Å². The molecule has 0 heterocycles. The van der Waals surface area contributed by atoms with Gasteiger partial charge < -0.3 is 7.43 Å². The van der Waals surface area contributed by atoms with Crippen LogP contribution in [0.1, 0.15) is 16.7 Å². The van der Waals surface area contributed by atoms with Crippen LogP contribution in [-0.4, -0.2) is 0 Å². The van der Waals surface area contributed by atoms with Crippen molar-refractivity contribution in [3.63, 3.8) is 0 Å². The van der Waals surface area contributed by atoms with Crippen molar-refractivity contribution in [2.75, 3.05) is 0 Å². The van der Waals surface area contributed by atoms with E-state index in [0.29, 0.717) is 0 Å². The van der Waals surface area contributed by atoms with E-state index in [1.54, 1.807) is 0 Å². The van der Waals surface area contributed by atoms with E-state index in [4.69, 9.17) is 0 Å². The fourth-order valence-electron chi connectivity index (χ4n) is 1.11. The monoisotopic (exact) mass is 278 g/mol. The molecule has 0 nitrogen and oxygen atoms in total. The maximum absolute atomic E-state index is 3.21. The minimum atomic E-state index is 0. The Labute approximate surface area is 99.3 Å². The molecule has 0 atom stereocenters. The van der Waals surface area contributed by atoms with Crippen molar-refractivity contribution in [1.29, 1.82) is 0 Å². The molecule has 0 N–H and O–H groups in total. The first kappa shape index (κ1) is 18.2. The van der Waals surface area contributed by atoms with Gasteiger partial charge in [-0.25, -0.2) is 0 Å². The summed E-state index contributed by atoms with van der Waals surface area (Å²) in [5.74, 6) is 0. The van der Waals surface area contributed by atoms with Crippen LogP contribution in [0.3, 0.4) is 0 Å². The third-order valence-electron chi connectivity index (χ3n) is 1.28. The van der Waals surface area contributed by atoms with E-state index in [-0.39, 0.29) is 43.9 Å². The van der Waals surface area contributed by atoms with E-state index in [2.05, 4.69) is 39.0 Å². The van der Waals surface area contributed by atoms with E-state index < -0.39 is 0 Å². The Morgan fingerprint density at radius 2 is 1.33 bits per heavy atom. The van der Waals surface area contributed by atoms with Crippen LogP contribution in [0.15, 0.2) is 12.1 Å². The fourth-order valence-corrected chi connectivity index (χ4v) is 1.11. The third-order valence-corrected chi connectivity index (χ3v) is 1.28. The first-order chi connectivity index (χ1) is 4.18. The summed E-state index contributed by atoms with van der Waals surface area (Å²) in [6.45, 7) is 6.24. The smallest absolute Gasteiger partial charge is 0.358 e. The normalized spacial score (nSPS) is 7.25. The molecule has 2 heteroatoms. The minimum Gasteiger partial charge on any atom is -0.358 e. The molecule has 0 aliphatic heterocycles. The predicted molar refractivity (Wildman–Crippen MR) is 56.2 cm³/mol. The van der Waals surface area contributed by atoms with Gasteiger partial charge in [-0.2, -0.15) is 34.9 Å².